The first kappa shape index (κ1) is 13.6. The summed E-state index contributed by atoms with van der Waals surface area (Å²) in [5, 5.41) is 0. The third kappa shape index (κ3) is 2.56. The van der Waals surface area contributed by atoms with Crippen LogP contribution in [0.3, 0.4) is 0 Å². The summed E-state index contributed by atoms with van der Waals surface area (Å²) in [5.41, 5.74) is 2.84. The molecule has 1 saturated carbocycles. The molecule has 0 amide bonds. The molecule has 112 valence electrons. The average Bonchev–Trinajstić information content (AvgIpc) is 3.17. The first-order valence-electron chi connectivity index (χ1n) is 8.31. The van der Waals surface area contributed by atoms with Crippen LogP contribution in [0.1, 0.15) is 25.7 Å². The molecule has 2 aromatic carbocycles. The topological polar surface area (TPSA) is 9.23 Å². The summed E-state index contributed by atoms with van der Waals surface area (Å²) in [4.78, 5) is 0. The molecule has 2 aliphatic rings. The molecule has 22 heavy (non-hydrogen) atoms. The lowest BCUT2D eigenvalue weighted by atomic mass is 9.85. The number of para-hydroxylation sites is 1. The summed E-state index contributed by atoms with van der Waals surface area (Å²) < 4.78 is 6.16. The van der Waals surface area contributed by atoms with Crippen LogP contribution < -0.4 is 4.74 Å². The van der Waals surface area contributed by atoms with Crippen LogP contribution in [0.2, 0.25) is 0 Å². The molecule has 2 bridgehead atoms. The smallest absolute Gasteiger partial charge is 0.127 e. The fourth-order valence-electron chi connectivity index (χ4n) is 3.98. The van der Waals surface area contributed by atoms with Gasteiger partial charge in [-0.1, -0.05) is 60.7 Å². The number of ether oxygens (including phenoxy) is 1. The van der Waals surface area contributed by atoms with E-state index < -0.39 is 0 Å². The molecule has 0 spiro atoms. The van der Waals surface area contributed by atoms with Gasteiger partial charge in [0.2, 0.25) is 0 Å². The van der Waals surface area contributed by atoms with Crippen LogP contribution in [0.4, 0.5) is 0 Å². The fourth-order valence-corrected chi connectivity index (χ4v) is 3.98. The summed E-state index contributed by atoms with van der Waals surface area (Å²) in [6.45, 7) is 0.806. The first-order valence-corrected chi connectivity index (χ1v) is 8.31. The Labute approximate surface area is 132 Å². The zero-order valence-electron chi connectivity index (χ0n) is 12.9. The largest absolute Gasteiger partial charge is 0.493 e. The van der Waals surface area contributed by atoms with E-state index in [-0.39, 0.29) is 0 Å². The van der Waals surface area contributed by atoms with Crippen LogP contribution in [-0.4, -0.2) is 6.61 Å². The summed E-state index contributed by atoms with van der Waals surface area (Å²) in [6, 6.07) is 18.8. The Balaban J connectivity index is 1.46. The van der Waals surface area contributed by atoms with E-state index >= 15 is 0 Å². The lowest BCUT2D eigenvalue weighted by Crippen LogP contribution is -2.16. The van der Waals surface area contributed by atoms with Crippen LogP contribution in [0, 0.1) is 11.3 Å². The van der Waals surface area contributed by atoms with Gasteiger partial charge in [0.1, 0.15) is 5.75 Å². The Hall–Kier alpha value is -2.02. The van der Waals surface area contributed by atoms with E-state index in [1.54, 1.807) is 0 Å². The van der Waals surface area contributed by atoms with Gasteiger partial charge in [-0.2, -0.15) is 0 Å². The maximum Gasteiger partial charge on any atom is 0.127 e. The van der Waals surface area contributed by atoms with Gasteiger partial charge in [0.15, 0.2) is 0 Å². The van der Waals surface area contributed by atoms with Crippen LogP contribution in [0.15, 0.2) is 66.7 Å². The first-order chi connectivity index (χ1) is 10.8. The van der Waals surface area contributed by atoms with Crippen molar-refractivity contribution in [3.8, 4) is 16.9 Å². The number of hydrogen-bond donors (Lipinski definition) is 0. The van der Waals surface area contributed by atoms with E-state index in [2.05, 4.69) is 66.7 Å². The number of allylic oxidation sites excluding steroid dienone is 2. The van der Waals surface area contributed by atoms with Gasteiger partial charge >= 0.3 is 0 Å². The van der Waals surface area contributed by atoms with Gasteiger partial charge in [0.25, 0.3) is 0 Å². The fraction of sp³-hybridized carbons (Fsp3) is 0.333. The van der Waals surface area contributed by atoms with Crippen LogP contribution >= 0.6 is 0 Å². The van der Waals surface area contributed by atoms with E-state index in [0.29, 0.717) is 5.41 Å². The van der Waals surface area contributed by atoms with Gasteiger partial charge in [-0.15, -0.1) is 0 Å². The van der Waals surface area contributed by atoms with Crippen molar-refractivity contribution < 1.29 is 4.74 Å². The zero-order chi connectivity index (χ0) is 14.8. The summed E-state index contributed by atoms with van der Waals surface area (Å²) >= 11 is 0. The lowest BCUT2D eigenvalue weighted by Gasteiger charge is -2.23. The Morgan fingerprint density at radius 1 is 1.00 bits per heavy atom. The third-order valence-electron chi connectivity index (χ3n) is 5.23. The van der Waals surface area contributed by atoms with Gasteiger partial charge in [-0.3, -0.25) is 0 Å². The van der Waals surface area contributed by atoms with Crippen molar-refractivity contribution in [2.24, 2.45) is 11.3 Å². The van der Waals surface area contributed by atoms with Crippen molar-refractivity contribution in [1.29, 1.82) is 0 Å². The molecule has 0 saturated heterocycles. The third-order valence-corrected chi connectivity index (χ3v) is 5.23. The number of benzene rings is 2. The van der Waals surface area contributed by atoms with E-state index in [1.165, 1.54) is 30.4 Å². The molecule has 4 rings (SSSR count). The highest BCUT2D eigenvalue weighted by molar-refractivity contribution is 5.70. The minimum absolute atomic E-state index is 0.437. The quantitative estimate of drug-likeness (QED) is 0.663. The van der Waals surface area contributed by atoms with Crippen molar-refractivity contribution in [3.05, 3.63) is 66.7 Å². The number of fused-ring (bicyclic) bond motifs is 2. The van der Waals surface area contributed by atoms with Crippen LogP contribution in [0.25, 0.3) is 11.1 Å². The lowest BCUT2D eigenvalue weighted by molar-refractivity contribution is 0.243. The number of hydrogen-bond acceptors (Lipinski definition) is 1. The maximum atomic E-state index is 6.16. The van der Waals surface area contributed by atoms with Crippen molar-refractivity contribution in [3.63, 3.8) is 0 Å². The summed E-state index contributed by atoms with van der Waals surface area (Å²) in [6.07, 6.45) is 10.1. The Morgan fingerprint density at radius 3 is 2.55 bits per heavy atom. The van der Waals surface area contributed by atoms with Crippen molar-refractivity contribution in [1.82, 2.24) is 0 Å². The predicted molar refractivity (Wildman–Crippen MR) is 90.9 cm³/mol. The van der Waals surface area contributed by atoms with Gasteiger partial charge < -0.3 is 4.74 Å². The second kappa shape index (κ2) is 5.64. The second-order valence-corrected chi connectivity index (χ2v) is 6.69. The Kier molecular flexibility index (Phi) is 3.49. The molecule has 1 nitrogen and oxygen atoms in total. The molecule has 1 heteroatoms. The molecule has 2 aliphatic carbocycles. The standard InChI is InChI=1S/C21H22O/c1-2-6-18(7-3-1)19-8-4-5-9-20(19)22-15-14-21-12-10-17(16-21)11-13-21/h1-10,12,17H,11,13-16H2. The molecule has 0 aromatic heterocycles. The monoisotopic (exact) mass is 290 g/mol. The highest BCUT2D eigenvalue weighted by Crippen LogP contribution is 2.51. The summed E-state index contributed by atoms with van der Waals surface area (Å²) in [5.74, 6) is 1.85. The summed E-state index contributed by atoms with van der Waals surface area (Å²) in [7, 11) is 0. The molecule has 0 aliphatic heterocycles. The molecular formula is C21H22O. The average molecular weight is 290 g/mol. The molecule has 0 radical (unpaired) electrons. The van der Waals surface area contributed by atoms with Crippen LogP contribution in [0.5, 0.6) is 5.75 Å². The van der Waals surface area contributed by atoms with Crippen LogP contribution in [-0.2, 0) is 0 Å². The molecule has 0 N–H and O–H groups in total. The predicted octanol–water partition coefficient (Wildman–Crippen LogP) is 5.48. The van der Waals surface area contributed by atoms with Crippen molar-refractivity contribution in [2.45, 2.75) is 25.7 Å². The minimum Gasteiger partial charge on any atom is -0.493 e. The minimum atomic E-state index is 0.437. The van der Waals surface area contributed by atoms with E-state index in [9.17, 15) is 0 Å². The van der Waals surface area contributed by atoms with Crippen molar-refractivity contribution in [2.75, 3.05) is 6.61 Å². The van der Waals surface area contributed by atoms with E-state index in [1.807, 2.05) is 0 Å². The zero-order valence-corrected chi connectivity index (χ0v) is 12.9. The Bertz CT molecular complexity index is 673. The van der Waals surface area contributed by atoms with Gasteiger partial charge in [0.05, 0.1) is 6.61 Å². The molecule has 2 aromatic rings. The highest BCUT2D eigenvalue weighted by atomic mass is 16.5. The maximum absolute atomic E-state index is 6.16. The van der Waals surface area contributed by atoms with E-state index in [0.717, 1.165) is 24.7 Å². The van der Waals surface area contributed by atoms with Gasteiger partial charge in [0, 0.05) is 5.56 Å². The number of rotatable bonds is 5. The van der Waals surface area contributed by atoms with Crippen molar-refractivity contribution >= 4 is 0 Å². The molecule has 2 atom stereocenters. The van der Waals surface area contributed by atoms with E-state index in [4.69, 9.17) is 4.74 Å². The SMILES string of the molecule is C1=CC2(CCOc3ccccc3-c3ccccc3)CCC1C2. The second-order valence-electron chi connectivity index (χ2n) is 6.69. The molecular weight excluding hydrogens is 268 g/mol. The van der Waals surface area contributed by atoms with Gasteiger partial charge in [-0.05, 0) is 48.6 Å². The Morgan fingerprint density at radius 2 is 1.82 bits per heavy atom. The molecule has 0 heterocycles. The highest BCUT2D eigenvalue weighted by Gasteiger charge is 2.40. The molecule has 2 unspecified atom stereocenters. The molecule has 1 fully saturated rings. The van der Waals surface area contributed by atoms with Gasteiger partial charge in [-0.25, -0.2) is 0 Å². The normalized spacial score (nSPS) is 25.5.